The quantitative estimate of drug-likeness (QED) is 0.459. The zero-order valence-electron chi connectivity index (χ0n) is 21.6. The highest BCUT2D eigenvalue weighted by Gasteiger charge is 2.44. The van der Waals surface area contributed by atoms with Crippen molar-refractivity contribution in [3.63, 3.8) is 0 Å². The SMILES string of the molecule is CC[C@]12CCCCc3ccc4c(c3)[C@@H](NC(=O)c3ccc5c(c3)[C@@H](CCO5)N(C(=N)N1)C(=O)C2)[C@H](O)CO4. The summed E-state index contributed by atoms with van der Waals surface area (Å²) >= 11 is 0. The van der Waals surface area contributed by atoms with Gasteiger partial charge in [-0.1, -0.05) is 19.4 Å². The monoisotopic (exact) mass is 518 g/mol. The zero-order chi connectivity index (χ0) is 26.4. The van der Waals surface area contributed by atoms with Crippen LogP contribution in [0.25, 0.3) is 0 Å². The molecule has 5 aliphatic heterocycles. The van der Waals surface area contributed by atoms with Crippen molar-refractivity contribution in [2.24, 2.45) is 0 Å². The van der Waals surface area contributed by atoms with Crippen LogP contribution in [0.2, 0.25) is 0 Å². The van der Waals surface area contributed by atoms with Gasteiger partial charge in [0.05, 0.1) is 25.1 Å². The first kappa shape index (κ1) is 24.7. The molecule has 6 bridgehead atoms. The maximum Gasteiger partial charge on any atom is 0.251 e. The lowest BCUT2D eigenvalue weighted by Crippen LogP contribution is -2.63. The minimum Gasteiger partial charge on any atom is -0.493 e. The second-order valence-corrected chi connectivity index (χ2v) is 10.9. The number of hydrogen-bond acceptors (Lipinski definition) is 6. The molecule has 0 aromatic heterocycles. The van der Waals surface area contributed by atoms with Crippen LogP contribution in [0.5, 0.6) is 11.5 Å². The van der Waals surface area contributed by atoms with E-state index < -0.39 is 23.7 Å². The van der Waals surface area contributed by atoms with Gasteiger partial charge in [-0.05, 0) is 61.6 Å². The second kappa shape index (κ2) is 9.62. The van der Waals surface area contributed by atoms with Crippen molar-refractivity contribution in [2.75, 3.05) is 13.2 Å². The predicted octanol–water partition coefficient (Wildman–Crippen LogP) is 3.37. The van der Waals surface area contributed by atoms with Crippen LogP contribution < -0.4 is 20.1 Å². The van der Waals surface area contributed by atoms with Gasteiger partial charge in [0.1, 0.15) is 24.2 Å². The molecule has 2 aromatic rings. The summed E-state index contributed by atoms with van der Waals surface area (Å²) in [6.07, 6.45) is 4.18. The number of fused-ring (bicyclic) bond motifs is 6. The Morgan fingerprint density at radius 1 is 1.11 bits per heavy atom. The van der Waals surface area contributed by atoms with E-state index in [1.165, 1.54) is 0 Å². The number of guanidine groups is 1. The number of benzene rings is 2. The van der Waals surface area contributed by atoms with E-state index in [0.717, 1.165) is 43.2 Å². The van der Waals surface area contributed by atoms with E-state index in [0.29, 0.717) is 42.1 Å². The normalized spacial score (nSPS) is 28.8. The molecule has 0 spiro atoms. The molecule has 2 aromatic carbocycles. The summed E-state index contributed by atoms with van der Waals surface area (Å²) in [6.45, 7) is 2.59. The van der Waals surface area contributed by atoms with Crippen LogP contribution in [0.3, 0.4) is 0 Å². The molecule has 38 heavy (non-hydrogen) atoms. The van der Waals surface area contributed by atoms with Gasteiger partial charge in [0.2, 0.25) is 5.91 Å². The number of ether oxygens (including phenoxy) is 2. The summed E-state index contributed by atoms with van der Waals surface area (Å²) in [5, 5.41) is 26.0. The number of nitrogens with one attached hydrogen (secondary N) is 3. The third kappa shape index (κ3) is 4.28. The number of amides is 2. The van der Waals surface area contributed by atoms with Crippen LogP contribution in [-0.2, 0) is 11.2 Å². The highest BCUT2D eigenvalue weighted by atomic mass is 16.5. The molecule has 9 nitrogen and oxygen atoms in total. The number of aryl methyl sites for hydroxylation is 1. The Morgan fingerprint density at radius 3 is 2.74 bits per heavy atom. The number of nitrogens with zero attached hydrogens (tertiary/aromatic N) is 1. The average molecular weight is 519 g/mol. The Balaban J connectivity index is 1.42. The van der Waals surface area contributed by atoms with Crippen molar-refractivity contribution < 1.29 is 24.2 Å². The van der Waals surface area contributed by atoms with E-state index in [1.54, 1.807) is 23.1 Å². The van der Waals surface area contributed by atoms with E-state index >= 15 is 0 Å². The summed E-state index contributed by atoms with van der Waals surface area (Å²) in [4.78, 5) is 28.6. The first-order valence-electron chi connectivity index (χ1n) is 13.6. The Labute approximate surface area is 222 Å². The van der Waals surface area contributed by atoms with Crippen LogP contribution in [0.4, 0.5) is 0 Å². The average Bonchev–Trinajstić information content (AvgIpc) is 2.91. The van der Waals surface area contributed by atoms with Gasteiger partial charge >= 0.3 is 0 Å². The maximum absolute atomic E-state index is 13.6. The predicted molar refractivity (Wildman–Crippen MR) is 140 cm³/mol. The van der Waals surface area contributed by atoms with Crippen LogP contribution in [0.1, 0.15) is 84.6 Å². The van der Waals surface area contributed by atoms with Crippen LogP contribution in [0, 0.1) is 5.41 Å². The molecule has 0 aliphatic carbocycles. The molecule has 5 heterocycles. The standard InChI is InChI=1S/C29H34N4O5/c1-2-29-11-4-3-5-17-6-8-24-20(13-17)26(22(34)16-38-24)31-27(36)18-7-9-23-19(14-18)21(10-12-37-23)33(25(35)15-29)28(30)32-29/h6-9,13-14,21-22,26,34H,2-5,10-12,15-16H2,1H3,(H2,30,32)(H,31,36)/t21-,22-,26-,29-/m1/s1. The van der Waals surface area contributed by atoms with E-state index in [1.807, 2.05) is 18.2 Å². The molecule has 4 N–H and O–H groups in total. The Morgan fingerprint density at radius 2 is 1.92 bits per heavy atom. The van der Waals surface area contributed by atoms with Crippen molar-refractivity contribution in [1.29, 1.82) is 5.41 Å². The Kier molecular flexibility index (Phi) is 6.26. The fourth-order valence-corrected chi connectivity index (χ4v) is 6.31. The van der Waals surface area contributed by atoms with E-state index in [-0.39, 0.29) is 24.4 Å². The van der Waals surface area contributed by atoms with Gasteiger partial charge in [-0.25, -0.2) is 0 Å². The van der Waals surface area contributed by atoms with Gasteiger partial charge in [0.25, 0.3) is 5.91 Å². The lowest BCUT2D eigenvalue weighted by atomic mass is 9.83. The third-order valence-corrected chi connectivity index (χ3v) is 8.51. The lowest BCUT2D eigenvalue weighted by molar-refractivity contribution is -0.133. The van der Waals surface area contributed by atoms with Gasteiger partial charge in [0, 0.05) is 28.7 Å². The van der Waals surface area contributed by atoms with Crippen LogP contribution in [-0.4, -0.2) is 52.6 Å². The summed E-state index contributed by atoms with van der Waals surface area (Å²) in [7, 11) is 0. The summed E-state index contributed by atoms with van der Waals surface area (Å²) in [6, 6.07) is 10.2. The fourth-order valence-electron chi connectivity index (χ4n) is 6.31. The van der Waals surface area contributed by atoms with Crippen molar-refractivity contribution in [2.45, 2.75) is 75.6 Å². The number of carbonyl (C=O) groups is 2. The smallest absolute Gasteiger partial charge is 0.251 e. The molecule has 1 fully saturated rings. The van der Waals surface area contributed by atoms with E-state index in [4.69, 9.17) is 14.9 Å². The van der Waals surface area contributed by atoms with Crippen LogP contribution >= 0.6 is 0 Å². The highest BCUT2D eigenvalue weighted by Crippen LogP contribution is 2.40. The maximum atomic E-state index is 13.6. The summed E-state index contributed by atoms with van der Waals surface area (Å²) < 4.78 is 11.6. The Hall–Kier alpha value is -3.59. The Bertz CT molecular complexity index is 1280. The number of aliphatic hydroxyl groups excluding tert-OH is 1. The fraction of sp³-hybridized carbons (Fsp3) is 0.483. The first-order chi connectivity index (χ1) is 18.4. The first-order valence-corrected chi connectivity index (χ1v) is 13.6. The summed E-state index contributed by atoms with van der Waals surface area (Å²) in [5.74, 6) is 0.997. The molecule has 7 rings (SSSR count). The summed E-state index contributed by atoms with van der Waals surface area (Å²) in [5.41, 5.74) is 2.57. The molecule has 2 amide bonds. The minimum absolute atomic E-state index is 0.0741. The van der Waals surface area contributed by atoms with E-state index in [9.17, 15) is 14.7 Å². The molecule has 0 radical (unpaired) electrons. The van der Waals surface area contributed by atoms with Crippen molar-refractivity contribution >= 4 is 17.8 Å². The topological polar surface area (TPSA) is 124 Å². The number of rotatable bonds is 1. The molecule has 5 aliphatic rings. The lowest BCUT2D eigenvalue weighted by Gasteiger charge is -2.46. The van der Waals surface area contributed by atoms with Gasteiger partial charge < -0.3 is 25.2 Å². The van der Waals surface area contributed by atoms with Gasteiger partial charge in [-0.2, -0.15) is 0 Å². The van der Waals surface area contributed by atoms with Crippen molar-refractivity contribution in [3.8, 4) is 11.5 Å². The molecule has 4 atom stereocenters. The van der Waals surface area contributed by atoms with Crippen molar-refractivity contribution in [1.82, 2.24) is 15.5 Å². The molecule has 0 saturated carbocycles. The zero-order valence-corrected chi connectivity index (χ0v) is 21.6. The van der Waals surface area contributed by atoms with Crippen molar-refractivity contribution in [3.05, 3.63) is 58.7 Å². The van der Waals surface area contributed by atoms with Gasteiger partial charge in [0.15, 0.2) is 5.96 Å². The number of aliphatic hydroxyl groups is 1. The van der Waals surface area contributed by atoms with E-state index in [2.05, 4.69) is 17.6 Å². The second-order valence-electron chi connectivity index (χ2n) is 10.9. The molecule has 200 valence electrons. The highest BCUT2D eigenvalue weighted by molar-refractivity contribution is 6.00. The van der Waals surface area contributed by atoms with Gasteiger partial charge in [-0.15, -0.1) is 0 Å². The number of hydrogen-bond donors (Lipinski definition) is 4. The van der Waals surface area contributed by atoms with Crippen LogP contribution in [0.15, 0.2) is 36.4 Å². The largest absolute Gasteiger partial charge is 0.493 e. The number of carbonyl (C=O) groups excluding carboxylic acids is 2. The third-order valence-electron chi connectivity index (χ3n) is 8.51. The molecular weight excluding hydrogens is 484 g/mol. The molecular formula is C29H34N4O5. The minimum atomic E-state index is -0.878. The molecule has 0 unspecified atom stereocenters. The molecule has 9 heteroatoms. The molecule has 1 saturated heterocycles. The van der Waals surface area contributed by atoms with Gasteiger partial charge in [-0.3, -0.25) is 19.9 Å².